The van der Waals surface area contributed by atoms with Crippen molar-refractivity contribution in [2.24, 2.45) is 16.8 Å². The van der Waals surface area contributed by atoms with Crippen molar-refractivity contribution in [2.75, 3.05) is 6.54 Å². The highest BCUT2D eigenvalue weighted by atomic mass is 35.5. The Morgan fingerprint density at radius 1 is 1.12 bits per heavy atom. The summed E-state index contributed by atoms with van der Waals surface area (Å²) in [6.45, 7) is 15.3. The van der Waals surface area contributed by atoms with Crippen LogP contribution in [0.3, 0.4) is 0 Å². The first-order valence-corrected chi connectivity index (χ1v) is 15.2. The molecule has 0 saturated carbocycles. The number of amidine groups is 1. The van der Waals surface area contributed by atoms with E-state index in [2.05, 4.69) is 92.6 Å². The number of para-hydroxylation sites is 1. The minimum absolute atomic E-state index is 0.406. The Morgan fingerprint density at radius 3 is 2.55 bits per heavy atom. The second-order valence-electron chi connectivity index (χ2n) is 11.8. The number of hydrogen-bond donors (Lipinski definition) is 1. The molecule has 6 heteroatoms. The maximum Gasteiger partial charge on any atom is 0.108 e. The summed E-state index contributed by atoms with van der Waals surface area (Å²) in [5, 5.41) is 7.30. The molecule has 5 nitrogen and oxygen atoms in total. The number of aromatic nitrogens is 3. The Bertz CT molecular complexity index is 1630. The number of nitrogens with zero attached hydrogens (tertiary/aromatic N) is 4. The van der Waals surface area contributed by atoms with Gasteiger partial charge in [-0.25, -0.2) is 9.67 Å². The number of nitrogens with one attached hydrogen (secondary N) is 1. The molecule has 6 rings (SSSR count). The Kier molecular flexibility index (Phi) is 7.12. The predicted octanol–water partition coefficient (Wildman–Crippen LogP) is 8.44. The molecule has 0 amide bonds. The SMILES string of the molecule is CCc1cccc(CC)c1-n1nc2c(c1-c1c(C)cc(Cl)c3[nH]ccc13)CN(C1=NC=C(C(C)C)CC1C)CC2. The van der Waals surface area contributed by atoms with Crippen LogP contribution in [0.25, 0.3) is 27.8 Å². The fraction of sp³-hybridized carbons (Fsp3) is 0.412. The van der Waals surface area contributed by atoms with Crippen molar-refractivity contribution >= 4 is 28.3 Å². The molecule has 4 aromatic rings. The minimum atomic E-state index is 0.406. The van der Waals surface area contributed by atoms with Crippen LogP contribution in [0.15, 0.2) is 53.3 Å². The van der Waals surface area contributed by atoms with Gasteiger partial charge < -0.3 is 9.88 Å². The van der Waals surface area contributed by atoms with Gasteiger partial charge >= 0.3 is 0 Å². The summed E-state index contributed by atoms with van der Waals surface area (Å²) in [5.74, 6) is 2.15. The van der Waals surface area contributed by atoms with Gasteiger partial charge in [0.05, 0.1) is 27.6 Å². The van der Waals surface area contributed by atoms with Crippen LogP contribution in [0.4, 0.5) is 0 Å². The van der Waals surface area contributed by atoms with Crippen LogP contribution in [0, 0.1) is 18.8 Å². The van der Waals surface area contributed by atoms with E-state index in [9.17, 15) is 0 Å². The largest absolute Gasteiger partial charge is 0.360 e. The second kappa shape index (κ2) is 10.6. The van der Waals surface area contributed by atoms with Crippen molar-refractivity contribution in [3.05, 3.63) is 81.3 Å². The number of hydrogen-bond acceptors (Lipinski definition) is 3. The molecule has 2 aromatic carbocycles. The molecule has 0 bridgehead atoms. The first-order chi connectivity index (χ1) is 19.3. The molecule has 0 fully saturated rings. The summed E-state index contributed by atoms with van der Waals surface area (Å²) >= 11 is 6.72. The first kappa shape index (κ1) is 26.9. The highest BCUT2D eigenvalue weighted by molar-refractivity contribution is 6.35. The lowest BCUT2D eigenvalue weighted by Crippen LogP contribution is -2.40. The fourth-order valence-corrected chi connectivity index (χ4v) is 6.98. The van der Waals surface area contributed by atoms with Gasteiger partial charge in [-0.15, -0.1) is 0 Å². The molecule has 1 atom stereocenters. The van der Waals surface area contributed by atoms with Crippen LogP contribution in [0.1, 0.15) is 69.0 Å². The summed E-state index contributed by atoms with van der Waals surface area (Å²) in [4.78, 5) is 10.9. The fourth-order valence-electron chi connectivity index (χ4n) is 6.66. The standard InChI is InChI=1S/C34H40ClN5/c1-7-23-10-9-11-24(8-2)32(23)40-33(30-21(5)17-28(35)31-26(30)12-14-36-31)27-19-39(15-13-29(27)38-40)34-22(6)16-25(18-37-34)20(3)4/h9-12,14,17-18,20,22,36H,7-8,13,15-16,19H2,1-6H3. The average Bonchev–Trinajstić information content (AvgIpc) is 3.58. The predicted molar refractivity (Wildman–Crippen MR) is 168 cm³/mol. The molecule has 0 spiro atoms. The number of aromatic amines is 1. The van der Waals surface area contributed by atoms with E-state index in [0.29, 0.717) is 11.8 Å². The van der Waals surface area contributed by atoms with E-state index in [1.807, 2.05) is 6.20 Å². The Labute approximate surface area is 243 Å². The van der Waals surface area contributed by atoms with Crippen molar-refractivity contribution in [3.8, 4) is 16.9 Å². The molecular formula is C34H40ClN5. The molecule has 4 heterocycles. The van der Waals surface area contributed by atoms with Crippen LogP contribution in [0.5, 0.6) is 0 Å². The van der Waals surface area contributed by atoms with Crippen LogP contribution >= 0.6 is 11.6 Å². The number of rotatable bonds is 5. The van der Waals surface area contributed by atoms with Gasteiger partial charge in [0.2, 0.25) is 0 Å². The van der Waals surface area contributed by atoms with E-state index in [1.165, 1.54) is 50.7 Å². The molecule has 0 saturated heterocycles. The van der Waals surface area contributed by atoms with E-state index >= 15 is 0 Å². The van der Waals surface area contributed by atoms with Gasteiger partial charge in [0.25, 0.3) is 0 Å². The lowest BCUT2D eigenvalue weighted by molar-refractivity contribution is 0.368. The Hall–Kier alpha value is -3.31. The van der Waals surface area contributed by atoms with Gasteiger partial charge in [0.15, 0.2) is 0 Å². The number of fused-ring (bicyclic) bond motifs is 2. The summed E-state index contributed by atoms with van der Waals surface area (Å²) in [6.07, 6.45) is 8.01. The molecule has 0 radical (unpaired) electrons. The topological polar surface area (TPSA) is 49.2 Å². The zero-order valence-corrected chi connectivity index (χ0v) is 25.4. The lowest BCUT2D eigenvalue weighted by atomic mass is 9.89. The molecule has 2 aliphatic heterocycles. The number of benzene rings is 2. The van der Waals surface area contributed by atoms with E-state index in [1.54, 1.807) is 0 Å². The zero-order valence-electron chi connectivity index (χ0n) is 24.6. The molecule has 208 valence electrons. The normalized spacial score (nSPS) is 17.4. The number of allylic oxidation sites excluding steroid dienone is 1. The molecule has 2 aromatic heterocycles. The maximum atomic E-state index is 6.72. The van der Waals surface area contributed by atoms with E-state index in [0.717, 1.165) is 60.3 Å². The van der Waals surface area contributed by atoms with Crippen LogP contribution in [0.2, 0.25) is 5.02 Å². The van der Waals surface area contributed by atoms with Gasteiger partial charge in [-0.05, 0) is 66.5 Å². The van der Waals surface area contributed by atoms with Crippen molar-refractivity contribution in [3.63, 3.8) is 0 Å². The van der Waals surface area contributed by atoms with Crippen molar-refractivity contribution in [1.29, 1.82) is 0 Å². The monoisotopic (exact) mass is 553 g/mol. The first-order valence-electron chi connectivity index (χ1n) is 14.8. The van der Waals surface area contributed by atoms with Gasteiger partial charge in [0.1, 0.15) is 5.84 Å². The molecule has 1 N–H and O–H groups in total. The van der Waals surface area contributed by atoms with Crippen molar-refractivity contribution < 1.29 is 0 Å². The summed E-state index contributed by atoms with van der Waals surface area (Å²) in [7, 11) is 0. The quantitative estimate of drug-likeness (QED) is 0.269. The third kappa shape index (κ3) is 4.39. The zero-order chi connectivity index (χ0) is 28.1. The number of H-pyrrole nitrogens is 1. The van der Waals surface area contributed by atoms with Gasteiger partial charge in [-0.1, -0.05) is 64.4 Å². The smallest absolute Gasteiger partial charge is 0.108 e. The summed E-state index contributed by atoms with van der Waals surface area (Å²) < 4.78 is 2.28. The van der Waals surface area contributed by atoms with Crippen LogP contribution in [-0.2, 0) is 25.8 Å². The van der Waals surface area contributed by atoms with Gasteiger partial charge in [-0.3, -0.25) is 0 Å². The van der Waals surface area contributed by atoms with E-state index < -0.39 is 0 Å². The lowest BCUT2D eigenvalue weighted by Gasteiger charge is -2.35. The van der Waals surface area contributed by atoms with Crippen molar-refractivity contribution in [1.82, 2.24) is 19.7 Å². The summed E-state index contributed by atoms with van der Waals surface area (Å²) in [6, 6.07) is 10.9. The molecule has 1 unspecified atom stereocenters. The highest BCUT2D eigenvalue weighted by Crippen LogP contribution is 2.42. The highest BCUT2D eigenvalue weighted by Gasteiger charge is 2.32. The molecule has 0 aliphatic carbocycles. The third-order valence-electron chi connectivity index (χ3n) is 8.85. The number of aryl methyl sites for hydroxylation is 3. The van der Waals surface area contributed by atoms with E-state index in [4.69, 9.17) is 21.7 Å². The second-order valence-corrected chi connectivity index (χ2v) is 12.2. The third-order valence-corrected chi connectivity index (χ3v) is 9.15. The molecular weight excluding hydrogens is 514 g/mol. The maximum absolute atomic E-state index is 6.72. The minimum Gasteiger partial charge on any atom is -0.360 e. The van der Waals surface area contributed by atoms with Crippen molar-refractivity contribution in [2.45, 2.75) is 73.8 Å². The molecule has 40 heavy (non-hydrogen) atoms. The number of aliphatic imine (C=N–C) groups is 1. The van der Waals surface area contributed by atoms with E-state index in [-0.39, 0.29) is 0 Å². The van der Waals surface area contributed by atoms with Gasteiger partial charge in [-0.2, -0.15) is 5.10 Å². The number of halogens is 1. The van der Waals surface area contributed by atoms with Crippen LogP contribution < -0.4 is 0 Å². The summed E-state index contributed by atoms with van der Waals surface area (Å²) in [5.41, 5.74) is 12.4. The average molecular weight is 554 g/mol. The molecule has 2 aliphatic rings. The van der Waals surface area contributed by atoms with Gasteiger partial charge in [0, 0.05) is 54.3 Å². The Balaban J connectivity index is 1.59. The Morgan fingerprint density at radius 2 is 1.88 bits per heavy atom. The van der Waals surface area contributed by atoms with Crippen LogP contribution in [-0.4, -0.2) is 32.0 Å².